The van der Waals surface area contributed by atoms with Crippen LogP contribution in [0.1, 0.15) is 32.1 Å². The van der Waals surface area contributed by atoms with E-state index in [0.717, 1.165) is 0 Å². The Morgan fingerprint density at radius 2 is 2.00 bits per heavy atom. The summed E-state index contributed by atoms with van der Waals surface area (Å²) in [6.45, 7) is 0. The first kappa shape index (κ1) is 3.90. The van der Waals surface area contributed by atoms with Crippen molar-refractivity contribution in [2.24, 2.45) is 5.73 Å². The van der Waals surface area contributed by atoms with Gasteiger partial charge in [0.15, 0.2) is 0 Å². The third kappa shape index (κ3) is 1.48. The van der Waals surface area contributed by atoms with E-state index in [2.05, 4.69) is 5.73 Å². The van der Waals surface area contributed by atoms with Crippen LogP contribution in [0.15, 0.2) is 0 Å². The van der Waals surface area contributed by atoms with E-state index >= 15 is 0 Å². The standard InChI is InChI=1S/C6H13N/c7-6-4-2-1-3-5-6/h6H,1-5,7H2/i/hT. The van der Waals surface area contributed by atoms with Crippen LogP contribution < -0.4 is 5.73 Å². The van der Waals surface area contributed by atoms with Crippen LogP contribution in [0.5, 0.6) is 0 Å². The molecule has 2 N–H and O–H groups in total. The van der Waals surface area contributed by atoms with Crippen LogP contribution in [0.25, 0.3) is 0 Å². The largest absolute Gasteiger partial charge is 0.328 e. The number of hydrogen-bond donors (Lipinski definition) is 1. The minimum Gasteiger partial charge on any atom is -0.328 e. The average molecular weight is 101 g/mol. The van der Waals surface area contributed by atoms with Crippen LogP contribution >= 0.6 is 0 Å². The van der Waals surface area contributed by atoms with Gasteiger partial charge in [0, 0.05) is 6.04 Å². The molecule has 1 saturated carbocycles. The highest BCUT2D eigenvalue weighted by molar-refractivity contribution is 4.66. The Hall–Kier alpha value is -0.0400. The van der Waals surface area contributed by atoms with Crippen LogP contribution in [-0.2, 0) is 0 Å². The second-order valence-electron chi connectivity index (χ2n) is 2.33. The Morgan fingerprint density at radius 1 is 1.29 bits per heavy atom. The van der Waals surface area contributed by atoms with Gasteiger partial charge in [0.2, 0.25) is 0 Å². The molecule has 1 aliphatic carbocycles. The van der Waals surface area contributed by atoms with Crippen molar-refractivity contribution >= 4 is 0 Å². The molecule has 0 spiro atoms. The Labute approximate surface area is 46.4 Å². The fraction of sp³-hybridized carbons (Fsp3) is 1.00. The molecule has 7 heavy (non-hydrogen) atoms. The summed E-state index contributed by atoms with van der Waals surface area (Å²) in [5, 5.41) is 0. The van der Waals surface area contributed by atoms with Crippen molar-refractivity contribution in [1.29, 1.82) is 0 Å². The summed E-state index contributed by atoms with van der Waals surface area (Å²) in [6.07, 6.45) is 6.43. The Morgan fingerprint density at radius 3 is 2.43 bits per heavy atom. The van der Waals surface area contributed by atoms with Gasteiger partial charge in [-0.3, -0.25) is 0 Å². The van der Waals surface area contributed by atoms with Crippen LogP contribution in [-0.4, -0.2) is 6.04 Å². The maximum absolute atomic E-state index is 6.85. The van der Waals surface area contributed by atoms with Gasteiger partial charge in [0.25, 0.3) is 0 Å². The van der Waals surface area contributed by atoms with Gasteiger partial charge in [0.05, 0.1) is 0 Å². The van der Waals surface area contributed by atoms with Crippen molar-refractivity contribution in [1.82, 2.24) is 0 Å². The maximum atomic E-state index is 6.85. The predicted octanol–water partition coefficient (Wildman–Crippen LogP) is 1.28. The zero-order chi connectivity index (χ0) is 5.82. The number of rotatable bonds is 1. The zero-order valence-electron chi connectivity index (χ0n) is 5.61. The molecular formula is C6H13N. The van der Waals surface area contributed by atoms with E-state index in [9.17, 15) is 0 Å². The molecule has 0 bridgehead atoms. The maximum Gasteiger partial charge on any atom is 0.119 e. The van der Waals surface area contributed by atoms with Gasteiger partial charge in [-0.1, -0.05) is 19.3 Å². The molecule has 1 fully saturated rings. The van der Waals surface area contributed by atoms with Crippen LogP contribution in [0.2, 0.25) is 1.41 Å². The average Bonchev–Trinajstić information content (AvgIpc) is 1.90. The number of hydrogen-bond acceptors (Lipinski definition) is 1. The topological polar surface area (TPSA) is 26.0 Å². The summed E-state index contributed by atoms with van der Waals surface area (Å²) >= 11 is 0. The molecule has 0 atom stereocenters. The molecule has 1 rings (SSSR count). The molecule has 0 aromatic heterocycles. The second kappa shape index (κ2) is 2.31. The van der Waals surface area contributed by atoms with Crippen molar-refractivity contribution in [3.05, 3.63) is 0 Å². The van der Waals surface area contributed by atoms with Gasteiger partial charge in [-0.15, -0.1) is 0 Å². The first-order chi connectivity index (χ1) is 3.93. The van der Waals surface area contributed by atoms with Gasteiger partial charge < -0.3 is 5.73 Å². The molecule has 1 heteroatoms. The molecule has 0 aromatic rings. The van der Waals surface area contributed by atoms with E-state index in [1.165, 1.54) is 32.1 Å². The van der Waals surface area contributed by atoms with Crippen LogP contribution in [0.3, 0.4) is 0 Å². The van der Waals surface area contributed by atoms with Crippen molar-refractivity contribution < 1.29 is 1.41 Å². The molecule has 1 nitrogen and oxygen atoms in total. The van der Waals surface area contributed by atoms with E-state index in [0.29, 0.717) is 6.04 Å². The normalized spacial score (nSPS) is 27.1. The highest BCUT2D eigenvalue weighted by Crippen LogP contribution is 2.14. The lowest BCUT2D eigenvalue weighted by Crippen LogP contribution is -2.22. The predicted molar refractivity (Wildman–Crippen MR) is 31.1 cm³/mol. The highest BCUT2D eigenvalue weighted by atomic mass is 14.6. The second-order valence-corrected chi connectivity index (χ2v) is 2.33. The molecule has 0 amide bonds. The van der Waals surface area contributed by atoms with Gasteiger partial charge in [-0.25, -0.2) is 0 Å². The molecule has 0 heterocycles. The third-order valence-corrected chi connectivity index (χ3v) is 1.61. The minimum atomic E-state index is 0.503. The Balaban J connectivity index is 2.13. The minimum absolute atomic E-state index is 0.503. The van der Waals surface area contributed by atoms with E-state index < -0.39 is 0 Å². The molecule has 0 aliphatic heterocycles. The van der Waals surface area contributed by atoms with Crippen molar-refractivity contribution in [3.8, 4) is 0 Å². The fourth-order valence-corrected chi connectivity index (χ4v) is 1.10. The van der Waals surface area contributed by atoms with E-state index in [-0.39, 0.29) is 0 Å². The van der Waals surface area contributed by atoms with E-state index in [1.54, 1.807) is 0 Å². The zero-order valence-corrected chi connectivity index (χ0v) is 4.61. The Bertz CT molecular complexity index is 59.5. The third-order valence-electron chi connectivity index (χ3n) is 1.61. The van der Waals surface area contributed by atoms with Crippen LogP contribution in [0.4, 0.5) is 0 Å². The number of nitrogens with two attached hydrogens (primary N) is 1. The van der Waals surface area contributed by atoms with E-state index in [1.807, 2.05) is 0 Å². The molecular weight excluding hydrogens is 86.1 g/mol. The molecule has 0 aromatic carbocycles. The molecule has 42 valence electrons. The van der Waals surface area contributed by atoms with E-state index in [4.69, 9.17) is 1.41 Å². The van der Waals surface area contributed by atoms with Crippen molar-refractivity contribution in [2.75, 3.05) is 0 Å². The first-order valence-corrected chi connectivity index (χ1v) is 3.11. The quantitative estimate of drug-likeness (QED) is 0.529. The monoisotopic (exact) mass is 101 g/mol. The molecule has 0 radical (unpaired) electrons. The van der Waals surface area contributed by atoms with Crippen molar-refractivity contribution in [3.63, 3.8) is 0 Å². The van der Waals surface area contributed by atoms with Crippen molar-refractivity contribution in [2.45, 2.75) is 38.1 Å². The van der Waals surface area contributed by atoms with Gasteiger partial charge in [0.1, 0.15) is 1.41 Å². The van der Waals surface area contributed by atoms with Gasteiger partial charge in [-0.05, 0) is 12.8 Å². The lowest BCUT2D eigenvalue weighted by atomic mass is 9.97. The summed E-state index contributed by atoms with van der Waals surface area (Å²) in [6, 6.07) is 0.503. The Kier molecular flexibility index (Phi) is 1.29. The molecule has 1 aliphatic rings. The first-order valence-electron chi connectivity index (χ1n) is 3.61. The summed E-state index contributed by atoms with van der Waals surface area (Å²) < 4.78 is 6.85. The smallest absolute Gasteiger partial charge is 0.119 e. The summed E-state index contributed by atoms with van der Waals surface area (Å²) in [5.41, 5.74) is 2.55. The summed E-state index contributed by atoms with van der Waals surface area (Å²) in [7, 11) is 0. The molecule has 0 saturated heterocycles. The van der Waals surface area contributed by atoms with Gasteiger partial charge >= 0.3 is 0 Å². The lowest BCUT2D eigenvalue weighted by molar-refractivity contribution is 0.441. The lowest BCUT2D eigenvalue weighted by Gasteiger charge is -2.15. The highest BCUT2D eigenvalue weighted by Gasteiger charge is 2.06. The molecule has 0 unspecified atom stereocenters. The fourth-order valence-electron chi connectivity index (χ4n) is 1.10. The van der Waals surface area contributed by atoms with Crippen LogP contribution in [0, 0.1) is 0 Å². The van der Waals surface area contributed by atoms with Gasteiger partial charge in [-0.2, -0.15) is 0 Å². The SMILES string of the molecule is [3H]NC1CCCCC1. The summed E-state index contributed by atoms with van der Waals surface area (Å²) in [5.74, 6) is 0. The summed E-state index contributed by atoms with van der Waals surface area (Å²) in [4.78, 5) is 0.